The average Bonchev–Trinajstić information content (AvgIpc) is 2.86. The molecule has 1 aromatic heterocycles. The van der Waals surface area contributed by atoms with Crippen LogP contribution in [-0.2, 0) is 9.53 Å². The van der Waals surface area contributed by atoms with Gasteiger partial charge in [-0.2, -0.15) is 4.68 Å². The van der Waals surface area contributed by atoms with Crippen molar-refractivity contribution in [2.75, 3.05) is 7.11 Å². The van der Waals surface area contributed by atoms with Crippen molar-refractivity contribution in [3.8, 4) is 5.69 Å². The molecular weight excluding hydrogens is 288 g/mol. The Morgan fingerprint density at radius 3 is 2.74 bits per heavy atom. The highest BCUT2D eigenvalue weighted by Crippen LogP contribution is 2.23. The number of methoxy groups -OCH3 is 1. The molecule has 1 atom stereocenters. The summed E-state index contributed by atoms with van der Waals surface area (Å²) < 4.78 is 6.21. The Morgan fingerprint density at radius 2 is 2.11 bits per heavy atom. The van der Waals surface area contributed by atoms with Crippen LogP contribution in [-0.4, -0.2) is 38.5 Å². The van der Waals surface area contributed by atoms with Crippen molar-refractivity contribution < 1.29 is 9.53 Å². The van der Waals surface area contributed by atoms with Crippen LogP contribution >= 0.6 is 23.4 Å². The molecule has 0 spiro atoms. The Bertz CT molecular complexity index is 572. The molecule has 2 rings (SSSR count). The number of esters is 1. The van der Waals surface area contributed by atoms with E-state index in [1.807, 2.05) is 0 Å². The number of hydrogen-bond donors (Lipinski definition) is 0. The zero-order valence-electron chi connectivity index (χ0n) is 10.3. The molecule has 8 heteroatoms. The van der Waals surface area contributed by atoms with Crippen molar-refractivity contribution in [3.05, 3.63) is 29.3 Å². The summed E-state index contributed by atoms with van der Waals surface area (Å²) in [5.41, 5.74) is 0.772. The molecule has 0 aliphatic rings. The molecule has 2 aromatic rings. The monoisotopic (exact) mass is 298 g/mol. The number of ether oxygens (including phenoxy) is 1. The van der Waals surface area contributed by atoms with E-state index in [4.69, 9.17) is 11.6 Å². The van der Waals surface area contributed by atoms with Gasteiger partial charge in [0.15, 0.2) is 0 Å². The lowest BCUT2D eigenvalue weighted by Gasteiger charge is -2.08. The summed E-state index contributed by atoms with van der Waals surface area (Å²) in [6, 6.07) is 7.09. The van der Waals surface area contributed by atoms with Gasteiger partial charge in [-0.05, 0) is 41.6 Å². The van der Waals surface area contributed by atoms with E-state index < -0.39 is 0 Å². The summed E-state index contributed by atoms with van der Waals surface area (Å²) in [5.74, 6) is -0.323. The third-order valence-corrected chi connectivity index (χ3v) is 3.59. The van der Waals surface area contributed by atoms with E-state index in [0.717, 1.165) is 5.69 Å². The van der Waals surface area contributed by atoms with Crippen LogP contribution in [0.25, 0.3) is 5.69 Å². The molecule has 100 valence electrons. The smallest absolute Gasteiger partial charge is 0.318 e. The van der Waals surface area contributed by atoms with Crippen LogP contribution in [0, 0.1) is 0 Å². The summed E-state index contributed by atoms with van der Waals surface area (Å²) in [6.07, 6.45) is 0. The summed E-state index contributed by atoms with van der Waals surface area (Å²) in [6.45, 7) is 1.73. The highest BCUT2D eigenvalue weighted by atomic mass is 35.5. The summed E-state index contributed by atoms with van der Waals surface area (Å²) in [4.78, 5) is 11.4. The predicted molar refractivity (Wildman–Crippen MR) is 71.5 cm³/mol. The fourth-order valence-corrected chi connectivity index (χ4v) is 2.33. The van der Waals surface area contributed by atoms with Crippen LogP contribution in [0.4, 0.5) is 0 Å². The second-order valence-corrected chi connectivity index (χ2v) is 5.38. The molecule has 1 aromatic carbocycles. The Balaban J connectivity index is 2.22. The van der Waals surface area contributed by atoms with Gasteiger partial charge in [-0.15, -0.1) is 5.10 Å². The predicted octanol–water partition coefficient (Wildman–Crippen LogP) is 1.97. The van der Waals surface area contributed by atoms with Crippen LogP contribution in [0.1, 0.15) is 6.92 Å². The molecule has 19 heavy (non-hydrogen) atoms. The maximum atomic E-state index is 11.4. The highest BCUT2D eigenvalue weighted by Gasteiger charge is 2.19. The van der Waals surface area contributed by atoms with Gasteiger partial charge in [0, 0.05) is 5.02 Å². The van der Waals surface area contributed by atoms with Gasteiger partial charge in [0.25, 0.3) is 0 Å². The first-order valence-corrected chi connectivity index (χ1v) is 6.66. The average molecular weight is 299 g/mol. The third-order valence-electron chi connectivity index (χ3n) is 2.33. The molecule has 0 aliphatic carbocycles. The molecule has 0 N–H and O–H groups in total. The van der Waals surface area contributed by atoms with Crippen molar-refractivity contribution in [2.24, 2.45) is 0 Å². The van der Waals surface area contributed by atoms with Gasteiger partial charge in [0.2, 0.25) is 5.16 Å². The molecule has 0 bridgehead atoms. The molecule has 0 saturated carbocycles. The van der Waals surface area contributed by atoms with Gasteiger partial charge in [-0.3, -0.25) is 4.79 Å². The molecule has 1 heterocycles. The SMILES string of the molecule is COC(=O)[C@H](C)Sc1nnnn1-c1ccc(Cl)cc1. The lowest BCUT2D eigenvalue weighted by atomic mass is 10.3. The maximum absolute atomic E-state index is 11.4. The lowest BCUT2D eigenvalue weighted by molar-refractivity contribution is -0.139. The molecule has 0 fully saturated rings. The lowest BCUT2D eigenvalue weighted by Crippen LogP contribution is -2.15. The van der Waals surface area contributed by atoms with E-state index in [9.17, 15) is 4.79 Å². The number of carbonyl (C=O) groups excluding carboxylic acids is 1. The van der Waals surface area contributed by atoms with Gasteiger partial charge in [-0.1, -0.05) is 23.4 Å². The largest absolute Gasteiger partial charge is 0.468 e. The first-order valence-electron chi connectivity index (χ1n) is 5.40. The quantitative estimate of drug-likeness (QED) is 0.635. The fourth-order valence-electron chi connectivity index (χ4n) is 1.37. The number of nitrogens with zero attached hydrogens (tertiary/aromatic N) is 4. The van der Waals surface area contributed by atoms with E-state index in [0.29, 0.717) is 10.2 Å². The van der Waals surface area contributed by atoms with E-state index in [1.165, 1.54) is 18.9 Å². The van der Waals surface area contributed by atoms with Gasteiger partial charge < -0.3 is 4.74 Å². The van der Waals surface area contributed by atoms with Crippen LogP contribution in [0.15, 0.2) is 29.4 Å². The first-order chi connectivity index (χ1) is 9.11. The zero-order chi connectivity index (χ0) is 13.8. The number of halogens is 1. The van der Waals surface area contributed by atoms with Crippen LogP contribution in [0.2, 0.25) is 5.02 Å². The van der Waals surface area contributed by atoms with Crippen molar-refractivity contribution in [2.45, 2.75) is 17.3 Å². The van der Waals surface area contributed by atoms with Crippen LogP contribution in [0.5, 0.6) is 0 Å². The van der Waals surface area contributed by atoms with E-state index in [-0.39, 0.29) is 11.2 Å². The molecule has 0 radical (unpaired) electrons. The normalized spacial score (nSPS) is 12.2. The van der Waals surface area contributed by atoms with Gasteiger partial charge in [-0.25, -0.2) is 0 Å². The number of hydrogen-bond acceptors (Lipinski definition) is 6. The highest BCUT2D eigenvalue weighted by molar-refractivity contribution is 8.00. The minimum atomic E-state index is -0.387. The topological polar surface area (TPSA) is 69.9 Å². The minimum absolute atomic E-state index is 0.323. The van der Waals surface area contributed by atoms with Gasteiger partial charge in [0.05, 0.1) is 12.8 Å². The van der Waals surface area contributed by atoms with Crippen molar-refractivity contribution in [1.82, 2.24) is 20.2 Å². The summed E-state index contributed by atoms with van der Waals surface area (Å²) in [7, 11) is 1.35. The van der Waals surface area contributed by atoms with Crippen LogP contribution in [0.3, 0.4) is 0 Å². The Kier molecular flexibility index (Phi) is 4.39. The van der Waals surface area contributed by atoms with Crippen molar-refractivity contribution in [3.63, 3.8) is 0 Å². The third kappa shape index (κ3) is 3.24. The zero-order valence-corrected chi connectivity index (χ0v) is 11.9. The summed E-state index contributed by atoms with van der Waals surface area (Å²) in [5, 5.41) is 12.2. The van der Waals surface area contributed by atoms with Gasteiger partial charge >= 0.3 is 5.97 Å². The number of tetrazole rings is 1. The minimum Gasteiger partial charge on any atom is -0.468 e. The second kappa shape index (κ2) is 6.03. The number of thioether (sulfide) groups is 1. The maximum Gasteiger partial charge on any atom is 0.318 e. The van der Waals surface area contributed by atoms with Gasteiger partial charge in [0.1, 0.15) is 5.25 Å². The Labute approximate surface area is 119 Å². The summed E-state index contributed by atoms with van der Waals surface area (Å²) >= 11 is 7.06. The second-order valence-electron chi connectivity index (χ2n) is 3.63. The molecule has 0 amide bonds. The van der Waals surface area contributed by atoms with Crippen molar-refractivity contribution >= 4 is 29.3 Å². The molecule has 6 nitrogen and oxygen atoms in total. The van der Waals surface area contributed by atoms with Crippen molar-refractivity contribution in [1.29, 1.82) is 0 Å². The number of rotatable bonds is 4. The van der Waals surface area contributed by atoms with E-state index >= 15 is 0 Å². The number of carbonyl (C=O) groups is 1. The first kappa shape index (κ1) is 13.8. The molecule has 0 saturated heterocycles. The fraction of sp³-hybridized carbons (Fsp3) is 0.273. The molecule has 0 unspecified atom stereocenters. The standard InChI is InChI=1S/C11H11ClN4O2S/c1-7(10(17)18-2)19-11-13-14-15-16(11)9-5-3-8(12)4-6-9/h3-7H,1-2H3/t7-/m0/s1. The van der Waals surface area contributed by atoms with E-state index in [2.05, 4.69) is 20.3 Å². The molecular formula is C11H11ClN4O2S. The van der Waals surface area contributed by atoms with Crippen LogP contribution < -0.4 is 0 Å². The van der Waals surface area contributed by atoms with E-state index in [1.54, 1.807) is 35.9 Å². The number of aromatic nitrogens is 4. The number of benzene rings is 1. The molecule has 0 aliphatic heterocycles. The Hall–Kier alpha value is -1.60. The Morgan fingerprint density at radius 1 is 1.42 bits per heavy atom.